The van der Waals surface area contributed by atoms with E-state index in [2.05, 4.69) is 0 Å². The zero-order chi connectivity index (χ0) is 30.0. The second-order valence-electron chi connectivity index (χ2n) is 13.8. The first-order chi connectivity index (χ1) is 20.1. The van der Waals surface area contributed by atoms with Gasteiger partial charge in [0, 0.05) is 12.0 Å². The van der Waals surface area contributed by atoms with E-state index in [1.165, 1.54) is 37.0 Å². The number of unbranched alkanes of at least 4 members (excludes halogenated alkanes) is 2. The van der Waals surface area contributed by atoms with Gasteiger partial charge in [0.25, 0.3) is 5.91 Å². The number of rotatable bonds is 13. The van der Waals surface area contributed by atoms with Gasteiger partial charge < -0.3 is 24.3 Å². The van der Waals surface area contributed by atoms with Gasteiger partial charge in [0.05, 0.1) is 30.2 Å². The maximum Gasteiger partial charge on any atom is 0.252 e. The number of benzene rings is 1. The second kappa shape index (κ2) is 12.9. The molecule has 0 bridgehead atoms. The molecular weight excluding hydrogens is 530 g/mol. The van der Waals surface area contributed by atoms with E-state index in [1.54, 1.807) is 0 Å². The first-order valence-electron chi connectivity index (χ1n) is 16.2. The van der Waals surface area contributed by atoms with Crippen LogP contribution in [0.15, 0.2) is 18.2 Å². The monoisotopic (exact) mass is 579 g/mol. The number of nitrogens with zero attached hydrogens (tertiary/aromatic N) is 3. The highest BCUT2D eigenvalue weighted by molar-refractivity contribution is 5.85. The minimum atomic E-state index is -1.21. The minimum Gasteiger partial charge on any atom is -0.494 e. The van der Waals surface area contributed by atoms with Crippen LogP contribution in [0.25, 0.3) is 11.0 Å². The lowest BCUT2D eigenvalue weighted by Gasteiger charge is -2.31. The average molecular weight is 580 g/mol. The van der Waals surface area contributed by atoms with E-state index in [9.17, 15) is 14.7 Å². The molecule has 2 saturated carbocycles. The minimum absolute atomic E-state index is 0.212. The lowest BCUT2D eigenvalue weighted by atomic mass is 9.88. The van der Waals surface area contributed by atoms with Crippen molar-refractivity contribution in [3.05, 3.63) is 23.9 Å². The van der Waals surface area contributed by atoms with Crippen molar-refractivity contribution in [3.8, 4) is 11.6 Å². The highest BCUT2D eigenvalue weighted by atomic mass is 16.5. The van der Waals surface area contributed by atoms with Crippen LogP contribution in [0, 0.1) is 29.1 Å². The van der Waals surface area contributed by atoms with Gasteiger partial charge in [-0.1, -0.05) is 47.0 Å². The number of aliphatic hydroxyl groups is 1. The summed E-state index contributed by atoms with van der Waals surface area (Å²) in [7, 11) is 0. The Kier molecular flexibility index (Phi) is 9.41. The largest absolute Gasteiger partial charge is 0.494 e. The van der Waals surface area contributed by atoms with Gasteiger partial charge in [0.1, 0.15) is 29.9 Å². The van der Waals surface area contributed by atoms with Crippen LogP contribution in [-0.4, -0.2) is 63.6 Å². The number of carbonyl (C=O) groups excluding carboxylic acids is 2. The number of likely N-dealkylation sites (tertiary alicyclic amines) is 1. The number of aldehydes is 1. The molecule has 1 aromatic carbocycles. The van der Waals surface area contributed by atoms with Gasteiger partial charge in [-0.3, -0.25) is 4.79 Å². The van der Waals surface area contributed by atoms with E-state index in [1.807, 2.05) is 52.8 Å². The molecule has 230 valence electrons. The van der Waals surface area contributed by atoms with Gasteiger partial charge in [0.15, 0.2) is 0 Å². The number of ether oxygens (including phenoxy) is 2. The third kappa shape index (κ3) is 6.58. The van der Waals surface area contributed by atoms with Crippen LogP contribution in [0.1, 0.15) is 91.7 Å². The van der Waals surface area contributed by atoms with E-state index in [0.717, 1.165) is 60.3 Å². The Balaban J connectivity index is 1.34. The lowest BCUT2D eigenvalue weighted by molar-refractivity contribution is -0.148. The Morgan fingerprint density at radius 3 is 2.60 bits per heavy atom. The molecule has 8 nitrogen and oxygen atoms in total. The summed E-state index contributed by atoms with van der Waals surface area (Å²) >= 11 is 0. The molecule has 3 aliphatic rings. The summed E-state index contributed by atoms with van der Waals surface area (Å²) < 4.78 is 12.3. The average Bonchev–Trinajstić information content (AvgIpc) is 3.50. The molecule has 3 unspecified atom stereocenters. The summed E-state index contributed by atoms with van der Waals surface area (Å²) in [5, 5.41) is 10.7. The van der Waals surface area contributed by atoms with Crippen LogP contribution >= 0.6 is 0 Å². The topological polar surface area (TPSA) is 102 Å². The van der Waals surface area contributed by atoms with Crippen molar-refractivity contribution in [2.45, 2.75) is 111 Å². The molecule has 0 radical (unpaired) electrons. The molecule has 1 aromatic heterocycles. The van der Waals surface area contributed by atoms with Crippen LogP contribution in [0.5, 0.6) is 11.6 Å². The van der Waals surface area contributed by atoms with Crippen molar-refractivity contribution < 1.29 is 24.2 Å². The zero-order valence-electron chi connectivity index (χ0n) is 26.1. The van der Waals surface area contributed by atoms with E-state index >= 15 is 0 Å². The molecule has 2 aliphatic carbocycles. The predicted octanol–water partition coefficient (Wildman–Crippen LogP) is 5.77. The van der Waals surface area contributed by atoms with Crippen molar-refractivity contribution in [1.82, 2.24) is 14.9 Å². The van der Waals surface area contributed by atoms with Gasteiger partial charge in [0.2, 0.25) is 5.88 Å². The number of hydrogen-bond acceptors (Lipinski definition) is 7. The standard InChI is InChI=1S/C34H49N3O5/c1-6-24-29(20-38)37(33(40)31(39)34(3,4)5)19-30(24)42-32-27(12-10-8-9-11-21-13-14-22-17-25(21)22)35-26-16-15-23(41-7-2)18-28(26)36-32/h15-16,18,20-22,24-25,29-31,39H,6-14,17,19H2,1-5H3/t21-,22?,24-,25?,29?,30-,31+/m0/s1. The summed E-state index contributed by atoms with van der Waals surface area (Å²) in [5.41, 5.74) is 1.65. The first kappa shape index (κ1) is 30.7. The maximum absolute atomic E-state index is 13.3. The SMILES string of the molecule is CCOc1ccc2nc(CCCCC[C@H]3CCC4CC43)c(O[C@H]3CN(C(=O)[C@@H](O)C(C)(C)C)C(C=O)[C@@H]3CC)nc2c1. The fourth-order valence-electron chi connectivity index (χ4n) is 7.24. The zero-order valence-corrected chi connectivity index (χ0v) is 26.1. The number of amides is 1. The molecule has 5 rings (SSSR count). The second-order valence-corrected chi connectivity index (χ2v) is 13.8. The Labute approximate surface area is 250 Å². The summed E-state index contributed by atoms with van der Waals surface area (Å²) in [4.78, 5) is 36.9. The molecule has 7 atom stereocenters. The van der Waals surface area contributed by atoms with Gasteiger partial charge in [-0.2, -0.15) is 0 Å². The molecule has 2 heterocycles. The summed E-state index contributed by atoms with van der Waals surface area (Å²) in [5.74, 6) is 3.54. The smallest absolute Gasteiger partial charge is 0.252 e. The third-order valence-electron chi connectivity index (χ3n) is 9.83. The van der Waals surface area contributed by atoms with Crippen LogP contribution in [-0.2, 0) is 16.0 Å². The Bertz CT molecular complexity index is 1260. The van der Waals surface area contributed by atoms with E-state index in [4.69, 9.17) is 19.4 Å². The van der Waals surface area contributed by atoms with Gasteiger partial charge >= 0.3 is 0 Å². The Hall–Kier alpha value is -2.74. The molecule has 2 aromatic rings. The maximum atomic E-state index is 13.3. The van der Waals surface area contributed by atoms with Gasteiger partial charge in [-0.05, 0) is 80.8 Å². The summed E-state index contributed by atoms with van der Waals surface area (Å²) in [6.07, 6.45) is 9.65. The van der Waals surface area contributed by atoms with Crippen LogP contribution in [0.4, 0.5) is 0 Å². The van der Waals surface area contributed by atoms with E-state index < -0.39 is 29.6 Å². The normalized spacial score (nSPS) is 27.6. The number of hydrogen-bond donors (Lipinski definition) is 1. The molecule has 1 aliphatic heterocycles. The van der Waals surface area contributed by atoms with Gasteiger partial charge in [-0.25, -0.2) is 9.97 Å². The molecule has 42 heavy (non-hydrogen) atoms. The highest BCUT2D eigenvalue weighted by Crippen LogP contribution is 2.56. The fourth-order valence-corrected chi connectivity index (χ4v) is 7.24. The molecule has 1 amide bonds. The third-order valence-corrected chi connectivity index (χ3v) is 9.83. The molecule has 0 spiro atoms. The fraction of sp³-hybridized carbons (Fsp3) is 0.706. The van der Waals surface area contributed by atoms with Crippen molar-refractivity contribution in [2.24, 2.45) is 29.1 Å². The van der Waals surface area contributed by atoms with Crippen molar-refractivity contribution in [1.29, 1.82) is 0 Å². The molecule has 1 N–H and O–H groups in total. The van der Waals surface area contributed by atoms with Crippen LogP contribution in [0.3, 0.4) is 0 Å². The lowest BCUT2D eigenvalue weighted by Crippen LogP contribution is -2.48. The first-order valence-corrected chi connectivity index (χ1v) is 16.2. The summed E-state index contributed by atoms with van der Waals surface area (Å²) in [6.45, 7) is 10.2. The van der Waals surface area contributed by atoms with Crippen LogP contribution < -0.4 is 9.47 Å². The number of carbonyl (C=O) groups is 2. The number of aliphatic hydroxyl groups excluding tert-OH is 1. The predicted molar refractivity (Wildman–Crippen MR) is 162 cm³/mol. The summed E-state index contributed by atoms with van der Waals surface area (Å²) in [6, 6.07) is 5.08. The Morgan fingerprint density at radius 2 is 1.95 bits per heavy atom. The van der Waals surface area contributed by atoms with E-state index in [-0.39, 0.29) is 12.5 Å². The number of aromatic nitrogens is 2. The van der Waals surface area contributed by atoms with Gasteiger partial charge in [-0.15, -0.1) is 0 Å². The van der Waals surface area contributed by atoms with Crippen LogP contribution in [0.2, 0.25) is 0 Å². The van der Waals surface area contributed by atoms with E-state index in [0.29, 0.717) is 24.4 Å². The number of aryl methyl sites for hydroxylation is 1. The van der Waals surface area contributed by atoms with Crippen molar-refractivity contribution in [3.63, 3.8) is 0 Å². The highest BCUT2D eigenvalue weighted by Gasteiger charge is 2.48. The quantitative estimate of drug-likeness (QED) is 0.238. The molecule has 3 fully saturated rings. The van der Waals surface area contributed by atoms with Crippen molar-refractivity contribution >= 4 is 23.2 Å². The van der Waals surface area contributed by atoms with Crippen molar-refractivity contribution in [2.75, 3.05) is 13.2 Å². The Morgan fingerprint density at radius 1 is 1.14 bits per heavy atom. The number of fused-ring (bicyclic) bond motifs is 2. The molecule has 8 heteroatoms. The molecular formula is C34H49N3O5. The molecule has 1 saturated heterocycles.